The summed E-state index contributed by atoms with van der Waals surface area (Å²) in [6.07, 6.45) is 7.11. The van der Waals surface area contributed by atoms with E-state index in [2.05, 4.69) is 15.3 Å². The SMILES string of the molecule is Nc1nccnc1C(=O)NC1(C(=O)O)CCCCCC1. The average molecular weight is 278 g/mol. The summed E-state index contributed by atoms with van der Waals surface area (Å²) >= 11 is 0. The van der Waals surface area contributed by atoms with Crippen molar-refractivity contribution in [3.8, 4) is 0 Å². The van der Waals surface area contributed by atoms with Crippen molar-refractivity contribution in [1.29, 1.82) is 0 Å². The number of amides is 1. The second-order valence-corrected chi connectivity index (χ2v) is 5.05. The maximum Gasteiger partial charge on any atom is 0.329 e. The molecule has 7 heteroatoms. The Labute approximate surface area is 116 Å². The first-order valence-corrected chi connectivity index (χ1v) is 6.67. The van der Waals surface area contributed by atoms with Crippen LogP contribution in [0.3, 0.4) is 0 Å². The first kappa shape index (κ1) is 14.2. The van der Waals surface area contributed by atoms with E-state index in [-0.39, 0.29) is 11.5 Å². The molecule has 0 spiro atoms. The molecule has 2 rings (SSSR count). The molecular formula is C13H18N4O3. The number of hydrogen-bond donors (Lipinski definition) is 3. The van der Waals surface area contributed by atoms with Crippen LogP contribution in [0.1, 0.15) is 49.0 Å². The van der Waals surface area contributed by atoms with Crippen molar-refractivity contribution in [2.75, 3.05) is 5.73 Å². The van der Waals surface area contributed by atoms with Crippen LogP contribution in [-0.4, -0.2) is 32.5 Å². The van der Waals surface area contributed by atoms with Crippen LogP contribution >= 0.6 is 0 Å². The van der Waals surface area contributed by atoms with Crippen LogP contribution in [0, 0.1) is 0 Å². The lowest BCUT2D eigenvalue weighted by atomic mass is 9.90. The fourth-order valence-electron chi connectivity index (χ4n) is 2.52. The number of hydrogen-bond acceptors (Lipinski definition) is 5. The minimum Gasteiger partial charge on any atom is -0.480 e. The zero-order valence-corrected chi connectivity index (χ0v) is 11.1. The Kier molecular flexibility index (Phi) is 4.16. The normalized spacial score (nSPS) is 18.0. The van der Waals surface area contributed by atoms with E-state index in [1.165, 1.54) is 12.4 Å². The third kappa shape index (κ3) is 2.87. The van der Waals surface area contributed by atoms with Crippen LogP contribution in [0.15, 0.2) is 12.4 Å². The predicted octanol–water partition coefficient (Wildman–Crippen LogP) is 0.966. The minimum atomic E-state index is -1.22. The van der Waals surface area contributed by atoms with E-state index in [0.29, 0.717) is 12.8 Å². The lowest BCUT2D eigenvalue weighted by Gasteiger charge is -2.29. The number of aliphatic carboxylic acids is 1. The van der Waals surface area contributed by atoms with Crippen molar-refractivity contribution >= 4 is 17.7 Å². The molecule has 0 unspecified atom stereocenters. The maximum atomic E-state index is 12.2. The summed E-state index contributed by atoms with van der Waals surface area (Å²) in [7, 11) is 0. The number of nitrogens with one attached hydrogen (secondary N) is 1. The molecule has 4 N–H and O–H groups in total. The molecule has 0 aromatic carbocycles. The number of carboxylic acid groups (broad SMARTS) is 1. The van der Waals surface area contributed by atoms with E-state index in [1.807, 2.05) is 0 Å². The zero-order valence-electron chi connectivity index (χ0n) is 11.1. The Morgan fingerprint density at radius 1 is 1.15 bits per heavy atom. The van der Waals surface area contributed by atoms with Crippen molar-refractivity contribution in [3.63, 3.8) is 0 Å². The number of rotatable bonds is 3. The number of nitrogen functional groups attached to an aromatic ring is 1. The quantitative estimate of drug-likeness (QED) is 0.709. The number of nitrogens with zero attached hydrogens (tertiary/aromatic N) is 2. The lowest BCUT2D eigenvalue weighted by molar-refractivity contribution is -0.145. The standard InChI is InChI=1S/C13H18N4O3/c14-10-9(15-7-8-16-10)11(18)17-13(12(19)20)5-3-1-2-4-6-13/h7-8H,1-6H2,(H2,14,16)(H,17,18)(H,19,20). The number of aromatic nitrogens is 2. The number of carbonyl (C=O) groups is 2. The predicted molar refractivity (Wildman–Crippen MR) is 72.0 cm³/mol. The average Bonchev–Trinajstić information content (AvgIpc) is 2.65. The maximum absolute atomic E-state index is 12.2. The molecule has 0 aliphatic heterocycles. The van der Waals surface area contributed by atoms with Gasteiger partial charge in [0.1, 0.15) is 5.54 Å². The highest BCUT2D eigenvalue weighted by molar-refractivity contribution is 5.99. The highest BCUT2D eigenvalue weighted by Crippen LogP contribution is 2.28. The smallest absolute Gasteiger partial charge is 0.329 e. The van der Waals surface area contributed by atoms with E-state index in [4.69, 9.17) is 5.73 Å². The van der Waals surface area contributed by atoms with Gasteiger partial charge in [-0.1, -0.05) is 25.7 Å². The summed E-state index contributed by atoms with van der Waals surface area (Å²) in [4.78, 5) is 31.4. The third-order valence-corrected chi connectivity index (χ3v) is 3.66. The molecule has 0 saturated heterocycles. The van der Waals surface area contributed by atoms with E-state index in [9.17, 15) is 14.7 Å². The van der Waals surface area contributed by atoms with Crippen molar-refractivity contribution < 1.29 is 14.7 Å². The van der Waals surface area contributed by atoms with Gasteiger partial charge < -0.3 is 16.2 Å². The fourth-order valence-corrected chi connectivity index (χ4v) is 2.52. The topological polar surface area (TPSA) is 118 Å². The van der Waals surface area contributed by atoms with Crippen molar-refractivity contribution in [3.05, 3.63) is 18.1 Å². The van der Waals surface area contributed by atoms with Gasteiger partial charge in [-0.15, -0.1) is 0 Å². The number of nitrogens with two attached hydrogens (primary N) is 1. The van der Waals surface area contributed by atoms with Gasteiger partial charge in [-0.3, -0.25) is 4.79 Å². The molecule has 1 amide bonds. The molecule has 1 aliphatic rings. The van der Waals surface area contributed by atoms with Gasteiger partial charge in [-0.25, -0.2) is 14.8 Å². The van der Waals surface area contributed by atoms with Crippen LogP contribution in [0.5, 0.6) is 0 Å². The van der Waals surface area contributed by atoms with Gasteiger partial charge in [0.25, 0.3) is 5.91 Å². The Bertz CT molecular complexity index is 510. The van der Waals surface area contributed by atoms with Crippen LogP contribution in [0.4, 0.5) is 5.82 Å². The minimum absolute atomic E-state index is 0.000777. The van der Waals surface area contributed by atoms with Gasteiger partial charge in [-0.05, 0) is 12.8 Å². The Balaban J connectivity index is 2.22. The van der Waals surface area contributed by atoms with Crippen molar-refractivity contribution in [2.45, 2.75) is 44.1 Å². The van der Waals surface area contributed by atoms with Gasteiger partial charge in [0.05, 0.1) is 0 Å². The highest BCUT2D eigenvalue weighted by Gasteiger charge is 2.40. The monoisotopic (exact) mass is 278 g/mol. The van der Waals surface area contributed by atoms with Crippen molar-refractivity contribution in [1.82, 2.24) is 15.3 Å². The molecule has 0 radical (unpaired) electrons. The van der Waals surface area contributed by atoms with E-state index in [0.717, 1.165) is 25.7 Å². The fraction of sp³-hybridized carbons (Fsp3) is 0.538. The molecule has 1 aromatic rings. The first-order valence-electron chi connectivity index (χ1n) is 6.67. The van der Waals surface area contributed by atoms with Crippen LogP contribution in [-0.2, 0) is 4.79 Å². The Morgan fingerprint density at radius 3 is 2.30 bits per heavy atom. The number of carboxylic acids is 1. The second-order valence-electron chi connectivity index (χ2n) is 5.05. The van der Waals surface area contributed by atoms with Gasteiger partial charge in [-0.2, -0.15) is 0 Å². The summed E-state index contributed by atoms with van der Waals surface area (Å²) < 4.78 is 0. The highest BCUT2D eigenvalue weighted by atomic mass is 16.4. The molecule has 7 nitrogen and oxygen atoms in total. The molecule has 1 aliphatic carbocycles. The van der Waals surface area contributed by atoms with Gasteiger partial charge in [0, 0.05) is 12.4 Å². The molecule has 1 aromatic heterocycles. The Hall–Kier alpha value is -2.18. The molecule has 1 saturated carbocycles. The van der Waals surface area contributed by atoms with Crippen LogP contribution < -0.4 is 11.1 Å². The molecule has 0 atom stereocenters. The molecule has 0 bridgehead atoms. The van der Waals surface area contributed by atoms with Crippen LogP contribution in [0.25, 0.3) is 0 Å². The van der Waals surface area contributed by atoms with E-state index < -0.39 is 17.4 Å². The Morgan fingerprint density at radius 2 is 1.75 bits per heavy atom. The summed E-state index contributed by atoms with van der Waals surface area (Å²) in [6.45, 7) is 0. The van der Waals surface area contributed by atoms with Crippen molar-refractivity contribution in [2.24, 2.45) is 0 Å². The van der Waals surface area contributed by atoms with E-state index in [1.54, 1.807) is 0 Å². The lowest BCUT2D eigenvalue weighted by Crippen LogP contribution is -2.54. The van der Waals surface area contributed by atoms with Gasteiger partial charge in [0.15, 0.2) is 11.5 Å². The molecule has 108 valence electrons. The summed E-state index contributed by atoms with van der Waals surface area (Å²) in [5.41, 5.74) is 4.34. The van der Waals surface area contributed by atoms with Crippen LogP contribution in [0.2, 0.25) is 0 Å². The molecule has 20 heavy (non-hydrogen) atoms. The largest absolute Gasteiger partial charge is 0.480 e. The summed E-state index contributed by atoms with van der Waals surface area (Å²) in [5, 5.41) is 12.1. The van der Waals surface area contributed by atoms with Gasteiger partial charge >= 0.3 is 5.97 Å². The van der Waals surface area contributed by atoms with Gasteiger partial charge in [0.2, 0.25) is 0 Å². The number of anilines is 1. The molecule has 1 fully saturated rings. The molecular weight excluding hydrogens is 260 g/mol. The second kappa shape index (κ2) is 5.85. The number of carbonyl (C=O) groups excluding carboxylic acids is 1. The molecule has 1 heterocycles. The zero-order chi connectivity index (χ0) is 14.6. The summed E-state index contributed by atoms with van der Waals surface area (Å²) in [6, 6.07) is 0. The third-order valence-electron chi connectivity index (χ3n) is 3.66. The van der Waals surface area contributed by atoms with E-state index >= 15 is 0 Å². The summed E-state index contributed by atoms with van der Waals surface area (Å²) in [5.74, 6) is -1.59. The first-order chi connectivity index (χ1) is 9.55.